The van der Waals surface area contributed by atoms with E-state index < -0.39 is 0 Å². The maximum atomic E-state index is 6.32. The van der Waals surface area contributed by atoms with Gasteiger partial charge in [0.25, 0.3) is 0 Å². The molecule has 0 N–H and O–H groups in total. The molecule has 215 valence electrons. The first-order valence-electron chi connectivity index (χ1n) is 14.2. The molecule has 5 nitrogen and oxygen atoms in total. The predicted molar refractivity (Wildman–Crippen MR) is 168 cm³/mol. The van der Waals surface area contributed by atoms with Crippen LogP contribution in [0.4, 0.5) is 0 Å². The molecule has 0 saturated carbocycles. The van der Waals surface area contributed by atoms with E-state index in [2.05, 4.69) is 62.1 Å². The van der Waals surface area contributed by atoms with Gasteiger partial charge in [-0.05, 0) is 58.0 Å². The molecular weight excluding hydrogens is 709 g/mol. The first-order valence-corrected chi connectivity index (χ1v) is 14.2. The molecule has 0 atom stereocenters. The third-order valence-corrected chi connectivity index (χ3v) is 8.11. The van der Waals surface area contributed by atoms with Crippen molar-refractivity contribution in [1.82, 2.24) is 19.9 Å². The van der Waals surface area contributed by atoms with Crippen molar-refractivity contribution in [3.05, 3.63) is 121 Å². The van der Waals surface area contributed by atoms with Crippen LogP contribution in [0.25, 0.3) is 55.6 Å². The number of pyridine rings is 4. The average molecular weight is 739 g/mol. The van der Waals surface area contributed by atoms with Crippen molar-refractivity contribution < 1.29 is 24.5 Å². The molecule has 1 aliphatic carbocycles. The summed E-state index contributed by atoms with van der Waals surface area (Å²) in [5.74, 6) is 0. The standard InChI is InChI=1S/C26H22N3O.C11H8N.Ir/c1-25(2)14-26(3,4)21-18(25)13-28-20-12-17-15-8-7-9-16(19-10-5-6-11-27-19)23(15)30-24(17)29-22(20)21;1-2-6-10(7-3-1)11-8-4-5-9-12-11;/h5-8,10-13H,14H2,1-4H3;1-6,8-9H;/q2*-1;. The van der Waals surface area contributed by atoms with Crippen LogP contribution in [0.2, 0.25) is 0 Å². The average Bonchev–Trinajstić information content (AvgIpc) is 3.47. The second kappa shape index (κ2) is 11.1. The molecule has 2 aromatic carbocycles. The zero-order valence-electron chi connectivity index (χ0n) is 24.5. The Balaban J connectivity index is 0.000000213. The molecule has 5 aromatic heterocycles. The zero-order chi connectivity index (χ0) is 28.9. The van der Waals surface area contributed by atoms with E-state index in [4.69, 9.17) is 14.4 Å². The Morgan fingerprint density at radius 2 is 1.49 bits per heavy atom. The Kier molecular flexibility index (Phi) is 7.45. The van der Waals surface area contributed by atoms with Crippen LogP contribution in [0.15, 0.2) is 102 Å². The SMILES string of the molecule is CC1(C)CC(C)(C)c2c1cnc1cc3c(nc21)oc1c(-c2ccccn2)[c-]ccc13.[Ir].[c-]1ccccc1-c1ccccn1. The van der Waals surface area contributed by atoms with E-state index in [-0.39, 0.29) is 30.9 Å². The minimum absolute atomic E-state index is 0. The summed E-state index contributed by atoms with van der Waals surface area (Å²) in [7, 11) is 0. The summed E-state index contributed by atoms with van der Waals surface area (Å²) >= 11 is 0. The molecule has 0 fully saturated rings. The summed E-state index contributed by atoms with van der Waals surface area (Å²) in [5, 5.41) is 1.99. The van der Waals surface area contributed by atoms with E-state index >= 15 is 0 Å². The van der Waals surface area contributed by atoms with Gasteiger partial charge in [-0.25, -0.2) is 4.98 Å². The molecule has 5 heterocycles. The van der Waals surface area contributed by atoms with E-state index in [0.29, 0.717) is 5.71 Å². The van der Waals surface area contributed by atoms with Crippen molar-refractivity contribution in [2.24, 2.45) is 0 Å². The van der Waals surface area contributed by atoms with Gasteiger partial charge in [-0.1, -0.05) is 62.9 Å². The van der Waals surface area contributed by atoms with Crippen LogP contribution in [0.3, 0.4) is 0 Å². The van der Waals surface area contributed by atoms with Crippen molar-refractivity contribution in [3.8, 4) is 22.5 Å². The van der Waals surface area contributed by atoms with E-state index in [9.17, 15) is 0 Å². The number of nitrogens with zero attached hydrogens (tertiary/aromatic N) is 4. The molecule has 1 radical (unpaired) electrons. The van der Waals surface area contributed by atoms with Crippen LogP contribution in [0.5, 0.6) is 0 Å². The quantitative estimate of drug-likeness (QED) is 0.166. The first kappa shape index (κ1) is 28.8. The van der Waals surface area contributed by atoms with Gasteiger partial charge < -0.3 is 14.4 Å². The minimum Gasteiger partial charge on any atom is -0.486 e. The molecule has 0 bridgehead atoms. The largest absolute Gasteiger partial charge is 0.486 e. The normalized spacial score (nSPS) is 14.6. The summed E-state index contributed by atoms with van der Waals surface area (Å²) in [6, 6.07) is 32.0. The molecule has 0 aliphatic heterocycles. The van der Waals surface area contributed by atoms with Gasteiger partial charge in [0.05, 0.1) is 16.6 Å². The molecule has 0 saturated heterocycles. The fraction of sp³-hybridized carbons (Fsp3) is 0.189. The van der Waals surface area contributed by atoms with Gasteiger partial charge >= 0.3 is 0 Å². The second-order valence-corrected chi connectivity index (χ2v) is 12.1. The van der Waals surface area contributed by atoms with Gasteiger partial charge in [-0.2, -0.15) is 0 Å². The number of fused-ring (bicyclic) bond motifs is 6. The zero-order valence-corrected chi connectivity index (χ0v) is 26.9. The van der Waals surface area contributed by atoms with E-state index in [1.165, 1.54) is 11.1 Å². The minimum atomic E-state index is 0. The number of benzene rings is 2. The van der Waals surface area contributed by atoms with Gasteiger partial charge in [0.2, 0.25) is 5.71 Å². The molecule has 0 amide bonds. The van der Waals surface area contributed by atoms with E-state index in [1.807, 2.05) is 72.8 Å². The molecule has 8 rings (SSSR count). The molecule has 43 heavy (non-hydrogen) atoms. The van der Waals surface area contributed by atoms with Crippen molar-refractivity contribution >= 4 is 33.1 Å². The van der Waals surface area contributed by atoms with Crippen LogP contribution in [0.1, 0.15) is 45.2 Å². The van der Waals surface area contributed by atoms with Crippen LogP contribution in [-0.4, -0.2) is 19.9 Å². The third kappa shape index (κ3) is 5.15. The van der Waals surface area contributed by atoms with Crippen molar-refractivity contribution in [2.75, 3.05) is 0 Å². The molecule has 0 spiro atoms. The van der Waals surface area contributed by atoms with Gasteiger partial charge in [0.1, 0.15) is 0 Å². The van der Waals surface area contributed by atoms with Crippen LogP contribution in [-0.2, 0) is 30.9 Å². The van der Waals surface area contributed by atoms with E-state index in [0.717, 1.165) is 56.3 Å². The Hall–Kier alpha value is -4.25. The fourth-order valence-corrected chi connectivity index (χ4v) is 6.53. The molecular formula is C37H30IrN4O-2. The Labute approximate surface area is 264 Å². The monoisotopic (exact) mass is 739 g/mol. The van der Waals surface area contributed by atoms with Gasteiger partial charge in [-0.3, -0.25) is 4.98 Å². The number of hydrogen-bond donors (Lipinski definition) is 0. The maximum Gasteiger partial charge on any atom is 0.216 e. The summed E-state index contributed by atoms with van der Waals surface area (Å²) in [6.45, 7) is 9.20. The molecule has 0 unspecified atom stereocenters. The molecule has 7 aromatic rings. The third-order valence-electron chi connectivity index (χ3n) is 8.11. The van der Waals surface area contributed by atoms with Crippen LogP contribution >= 0.6 is 0 Å². The smallest absolute Gasteiger partial charge is 0.216 e. The topological polar surface area (TPSA) is 64.7 Å². The first-order chi connectivity index (χ1) is 20.3. The second-order valence-electron chi connectivity index (χ2n) is 12.1. The number of rotatable bonds is 2. The van der Waals surface area contributed by atoms with Gasteiger partial charge in [-0.15, -0.1) is 54.1 Å². The Bertz CT molecular complexity index is 2020. The van der Waals surface area contributed by atoms with Crippen molar-refractivity contribution in [3.63, 3.8) is 0 Å². The van der Waals surface area contributed by atoms with Crippen LogP contribution in [0, 0.1) is 12.1 Å². The fourth-order valence-electron chi connectivity index (χ4n) is 6.53. The molecule has 6 heteroatoms. The Morgan fingerprint density at radius 1 is 0.744 bits per heavy atom. The summed E-state index contributed by atoms with van der Waals surface area (Å²) < 4.78 is 6.32. The van der Waals surface area contributed by atoms with E-state index in [1.54, 1.807) is 12.4 Å². The van der Waals surface area contributed by atoms with Gasteiger partial charge in [0, 0.05) is 44.1 Å². The van der Waals surface area contributed by atoms with Crippen molar-refractivity contribution in [1.29, 1.82) is 0 Å². The maximum absolute atomic E-state index is 6.32. The molecule has 1 aliphatic rings. The number of hydrogen-bond acceptors (Lipinski definition) is 5. The summed E-state index contributed by atoms with van der Waals surface area (Å²) in [4.78, 5) is 18.5. The Morgan fingerprint density at radius 3 is 2.19 bits per heavy atom. The van der Waals surface area contributed by atoms with Crippen molar-refractivity contribution in [2.45, 2.75) is 44.9 Å². The van der Waals surface area contributed by atoms with Gasteiger partial charge in [0.15, 0.2) is 0 Å². The summed E-state index contributed by atoms with van der Waals surface area (Å²) in [6.07, 6.45) is 6.70. The number of aromatic nitrogens is 4. The van der Waals surface area contributed by atoms with Crippen LogP contribution < -0.4 is 0 Å². The predicted octanol–water partition coefficient (Wildman–Crippen LogP) is 8.90. The summed E-state index contributed by atoms with van der Waals surface area (Å²) in [5.41, 5.74) is 9.72. The number of furan rings is 1.